The summed E-state index contributed by atoms with van der Waals surface area (Å²) in [5, 5.41) is 9.19. The highest BCUT2D eigenvalue weighted by Gasteiger charge is 2.19. The summed E-state index contributed by atoms with van der Waals surface area (Å²) in [6.07, 6.45) is 0. The summed E-state index contributed by atoms with van der Waals surface area (Å²) in [4.78, 5) is 4.63. The lowest BCUT2D eigenvalue weighted by Crippen LogP contribution is -2.13. The number of nitrogens with zero attached hydrogens (tertiary/aromatic N) is 2. The van der Waals surface area contributed by atoms with E-state index in [0.717, 1.165) is 83.4 Å². The van der Waals surface area contributed by atoms with E-state index in [4.69, 9.17) is 8.83 Å². The van der Waals surface area contributed by atoms with Crippen LogP contribution in [0.3, 0.4) is 0 Å². The van der Waals surface area contributed by atoms with Crippen LogP contribution in [0.2, 0.25) is 0 Å². The van der Waals surface area contributed by atoms with Gasteiger partial charge < -0.3 is 18.6 Å². The smallest absolute Gasteiger partial charge is 0.137 e. The van der Waals surface area contributed by atoms with E-state index in [9.17, 15) is 0 Å². The standard InChI is InChI=1S/C50H32N2O2/c1-3-12-35(13-4-1)51(36-14-5-2-6-15-36)37-16-11-17-38(30-37)52(40-25-27-44-42-18-7-9-20-47(42)53-49(44)31-40)39-24-26-41-33(28-39)22-23-34-29-46-43-19-8-10-21-48(43)54-50(46)32-45(34)41/h1-32H. The van der Waals surface area contributed by atoms with Crippen LogP contribution in [0.5, 0.6) is 0 Å². The number of hydrogen-bond donors (Lipinski definition) is 0. The Bertz CT molecular complexity index is 3140. The van der Waals surface area contributed by atoms with E-state index in [0.29, 0.717) is 0 Å². The van der Waals surface area contributed by atoms with Gasteiger partial charge in [0.2, 0.25) is 0 Å². The van der Waals surface area contributed by atoms with Crippen molar-refractivity contribution in [1.82, 2.24) is 0 Å². The Morgan fingerprint density at radius 2 is 0.704 bits per heavy atom. The van der Waals surface area contributed by atoms with Crippen LogP contribution < -0.4 is 9.80 Å². The predicted octanol–water partition coefficient (Wildman–Crippen LogP) is 14.7. The molecule has 0 aliphatic carbocycles. The third-order valence-electron chi connectivity index (χ3n) is 10.6. The number of anilines is 6. The van der Waals surface area contributed by atoms with E-state index in [2.05, 4.69) is 180 Å². The van der Waals surface area contributed by atoms with Crippen LogP contribution >= 0.6 is 0 Å². The SMILES string of the molecule is c1ccc(N(c2ccccc2)c2cccc(N(c3ccc4c(ccc5cc6c(cc54)oc4ccccc46)c3)c3ccc4c(c3)oc3ccccc34)c2)cc1. The van der Waals surface area contributed by atoms with Crippen molar-refractivity contribution in [1.29, 1.82) is 0 Å². The van der Waals surface area contributed by atoms with Gasteiger partial charge in [0.1, 0.15) is 22.3 Å². The maximum atomic E-state index is 6.42. The Balaban J connectivity index is 1.10. The molecule has 0 aliphatic rings. The second kappa shape index (κ2) is 12.1. The first-order chi connectivity index (χ1) is 26.7. The summed E-state index contributed by atoms with van der Waals surface area (Å²) in [5.74, 6) is 0. The van der Waals surface area contributed by atoms with Crippen molar-refractivity contribution >= 4 is 99.5 Å². The fourth-order valence-corrected chi connectivity index (χ4v) is 8.08. The van der Waals surface area contributed by atoms with Crippen LogP contribution in [0.15, 0.2) is 203 Å². The van der Waals surface area contributed by atoms with Gasteiger partial charge in [-0.1, -0.05) is 97.1 Å². The van der Waals surface area contributed by atoms with Gasteiger partial charge in [-0.05, 0) is 113 Å². The van der Waals surface area contributed by atoms with Crippen molar-refractivity contribution in [2.45, 2.75) is 0 Å². The van der Waals surface area contributed by atoms with Crippen molar-refractivity contribution in [3.63, 3.8) is 0 Å². The predicted molar refractivity (Wildman–Crippen MR) is 225 cm³/mol. The molecule has 11 aromatic rings. The van der Waals surface area contributed by atoms with Gasteiger partial charge in [0.05, 0.1) is 0 Å². The Morgan fingerprint density at radius 3 is 1.37 bits per heavy atom. The fraction of sp³-hybridized carbons (Fsp3) is 0. The molecule has 4 heteroatoms. The van der Waals surface area contributed by atoms with Gasteiger partial charge in [-0.3, -0.25) is 0 Å². The molecule has 0 unspecified atom stereocenters. The molecule has 0 radical (unpaired) electrons. The van der Waals surface area contributed by atoms with Crippen molar-refractivity contribution in [3.8, 4) is 0 Å². The molecule has 0 atom stereocenters. The maximum absolute atomic E-state index is 6.42. The maximum Gasteiger partial charge on any atom is 0.137 e. The minimum absolute atomic E-state index is 0.853. The lowest BCUT2D eigenvalue weighted by Gasteiger charge is -2.29. The van der Waals surface area contributed by atoms with E-state index in [1.165, 1.54) is 16.2 Å². The first kappa shape index (κ1) is 30.3. The summed E-state index contributed by atoms with van der Waals surface area (Å²) in [6.45, 7) is 0. The quantitative estimate of drug-likeness (QED) is 0.162. The van der Waals surface area contributed by atoms with Crippen LogP contribution in [0.4, 0.5) is 34.1 Å². The molecule has 0 amide bonds. The topological polar surface area (TPSA) is 32.8 Å². The number of fused-ring (bicyclic) bond motifs is 9. The van der Waals surface area contributed by atoms with Gasteiger partial charge in [-0.2, -0.15) is 0 Å². The molecule has 2 aromatic heterocycles. The molecule has 0 saturated carbocycles. The minimum atomic E-state index is 0.853. The highest BCUT2D eigenvalue weighted by atomic mass is 16.3. The summed E-state index contributed by atoms with van der Waals surface area (Å²) in [5.41, 5.74) is 9.87. The Hall–Kier alpha value is -7.30. The van der Waals surface area contributed by atoms with Crippen LogP contribution in [-0.4, -0.2) is 0 Å². The highest BCUT2D eigenvalue weighted by Crippen LogP contribution is 2.43. The minimum Gasteiger partial charge on any atom is -0.456 e. The molecular weight excluding hydrogens is 661 g/mol. The Labute approximate surface area is 311 Å². The molecule has 0 N–H and O–H groups in total. The van der Waals surface area contributed by atoms with Gasteiger partial charge in [0.15, 0.2) is 0 Å². The number of hydrogen-bond acceptors (Lipinski definition) is 4. The number of furan rings is 2. The Kier molecular flexibility index (Phi) is 6.82. The molecular formula is C50H32N2O2. The average molecular weight is 693 g/mol. The van der Waals surface area contributed by atoms with Gasteiger partial charge in [0.25, 0.3) is 0 Å². The fourth-order valence-electron chi connectivity index (χ4n) is 8.08. The summed E-state index contributed by atoms with van der Waals surface area (Å²) >= 11 is 0. The van der Waals surface area contributed by atoms with Crippen LogP contribution in [0, 0.1) is 0 Å². The molecule has 4 nitrogen and oxygen atoms in total. The second-order valence-corrected chi connectivity index (χ2v) is 13.8. The molecule has 0 aliphatic heterocycles. The van der Waals surface area contributed by atoms with E-state index in [1.54, 1.807) is 0 Å². The van der Waals surface area contributed by atoms with E-state index in [1.807, 2.05) is 24.3 Å². The number of rotatable bonds is 6. The molecule has 0 bridgehead atoms. The van der Waals surface area contributed by atoms with Crippen molar-refractivity contribution in [3.05, 3.63) is 194 Å². The monoisotopic (exact) mass is 692 g/mol. The van der Waals surface area contributed by atoms with E-state index in [-0.39, 0.29) is 0 Å². The van der Waals surface area contributed by atoms with Crippen molar-refractivity contribution in [2.24, 2.45) is 0 Å². The second-order valence-electron chi connectivity index (χ2n) is 13.8. The first-order valence-corrected chi connectivity index (χ1v) is 18.2. The van der Waals surface area contributed by atoms with Crippen molar-refractivity contribution in [2.75, 3.05) is 9.80 Å². The van der Waals surface area contributed by atoms with Gasteiger partial charge in [0, 0.05) is 61.7 Å². The van der Waals surface area contributed by atoms with E-state index >= 15 is 0 Å². The summed E-state index contributed by atoms with van der Waals surface area (Å²) in [7, 11) is 0. The van der Waals surface area contributed by atoms with E-state index < -0.39 is 0 Å². The van der Waals surface area contributed by atoms with Gasteiger partial charge in [-0.25, -0.2) is 0 Å². The summed E-state index contributed by atoms with van der Waals surface area (Å²) in [6, 6.07) is 68.6. The van der Waals surface area contributed by atoms with Crippen molar-refractivity contribution < 1.29 is 8.83 Å². The van der Waals surface area contributed by atoms with Crippen LogP contribution in [-0.2, 0) is 0 Å². The average Bonchev–Trinajstić information content (AvgIpc) is 3.78. The molecule has 9 aromatic carbocycles. The number of benzene rings is 9. The third-order valence-corrected chi connectivity index (χ3v) is 10.6. The highest BCUT2D eigenvalue weighted by molar-refractivity contribution is 6.16. The molecule has 0 spiro atoms. The lowest BCUT2D eigenvalue weighted by molar-refractivity contribution is 0.669. The first-order valence-electron chi connectivity index (χ1n) is 18.2. The lowest BCUT2D eigenvalue weighted by atomic mass is 9.99. The zero-order valence-corrected chi connectivity index (χ0v) is 29.2. The molecule has 0 fully saturated rings. The summed E-state index contributed by atoms with van der Waals surface area (Å²) < 4.78 is 12.7. The van der Waals surface area contributed by atoms with Crippen LogP contribution in [0.25, 0.3) is 65.4 Å². The normalized spacial score (nSPS) is 11.7. The van der Waals surface area contributed by atoms with Gasteiger partial charge in [-0.15, -0.1) is 0 Å². The zero-order valence-electron chi connectivity index (χ0n) is 29.2. The molecule has 0 saturated heterocycles. The molecule has 54 heavy (non-hydrogen) atoms. The molecule has 254 valence electrons. The molecule has 2 heterocycles. The third kappa shape index (κ3) is 4.92. The van der Waals surface area contributed by atoms with Gasteiger partial charge >= 0.3 is 0 Å². The largest absolute Gasteiger partial charge is 0.456 e. The number of para-hydroxylation sites is 4. The van der Waals surface area contributed by atoms with Crippen LogP contribution in [0.1, 0.15) is 0 Å². The zero-order chi connectivity index (χ0) is 35.6. The Morgan fingerprint density at radius 1 is 0.241 bits per heavy atom. The molecule has 11 rings (SSSR count).